The average molecular weight is 313 g/mol. The van der Waals surface area contributed by atoms with Crippen LogP contribution in [0.15, 0.2) is 54.6 Å². The molecule has 0 aliphatic rings. The minimum absolute atomic E-state index is 0.126. The number of hydrogen-bond acceptors (Lipinski definition) is 3. The molecule has 0 amide bonds. The van der Waals surface area contributed by atoms with Crippen LogP contribution in [0.2, 0.25) is 0 Å². The van der Waals surface area contributed by atoms with Gasteiger partial charge >= 0.3 is 0 Å². The van der Waals surface area contributed by atoms with Crippen LogP contribution in [0.25, 0.3) is 0 Å². The highest BCUT2D eigenvalue weighted by Gasteiger charge is 2.10. The van der Waals surface area contributed by atoms with Crippen molar-refractivity contribution in [2.24, 2.45) is 0 Å². The molecule has 0 radical (unpaired) electrons. The van der Waals surface area contributed by atoms with Gasteiger partial charge < -0.3 is 14.8 Å². The van der Waals surface area contributed by atoms with Crippen LogP contribution in [0, 0.1) is 0 Å². The maximum atomic E-state index is 6.02. The van der Waals surface area contributed by atoms with Crippen molar-refractivity contribution in [1.29, 1.82) is 0 Å². The smallest absolute Gasteiger partial charge is 0.142 e. The van der Waals surface area contributed by atoms with Crippen molar-refractivity contribution in [3.63, 3.8) is 0 Å². The Morgan fingerprint density at radius 2 is 1.70 bits per heavy atom. The highest BCUT2D eigenvalue weighted by molar-refractivity contribution is 5.56. The van der Waals surface area contributed by atoms with Crippen molar-refractivity contribution in [3.05, 3.63) is 54.6 Å². The minimum Gasteiger partial charge on any atom is -0.491 e. The topological polar surface area (TPSA) is 30.5 Å². The zero-order chi connectivity index (χ0) is 16.3. The molecule has 1 unspecified atom stereocenters. The fraction of sp³-hybridized carbons (Fsp3) is 0.400. The number of anilines is 1. The Morgan fingerprint density at radius 1 is 0.957 bits per heavy atom. The molecule has 2 aromatic rings. The fourth-order valence-corrected chi connectivity index (χ4v) is 2.25. The number of hydrogen-bond donors (Lipinski definition) is 1. The lowest BCUT2D eigenvalue weighted by molar-refractivity contribution is 0.210. The summed E-state index contributed by atoms with van der Waals surface area (Å²) in [5.74, 6) is 1.82. The summed E-state index contributed by atoms with van der Waals surface area (Å²) in [5, 5.41) is 3.46. The van der Waals surface area contributed by atoms with Crippen LogP contribution in [-0.4, -0.2) is 19.3 Å². The van der Waals surface area contributed by atoms with Crippen molar-refractivity contribution < 1.29 is 9.47 Å². The first kappa shape index (κ1) is 17.2. The Bertz CT molecular complexity index is 557. The average Bonchev–Trinajstić information content (AvgIpc) is 2.60. The Hall–Kier alpha value is -2.16. The molecule has 23 heavy (non-hydrogen) atoms. The fourth-order valence-electron chi connectivity index (χ4n) is 2.25. The maximum Gasteiger partial charge on any atom is 0.142 e. The highest BCUT2D eigenvalue weighted by Crippen LogP contribution is 2.24. The van der Waals surface area contributed by atoms with Gasteiger partial charge in [0.2, 0.25) is 0 Å². The third kappa shape index (κ3) is 5.85. The lowest BCUT2D eigenvalue weighted by Crippen LogP contribution is -2.25. The minimum atomic E-state index is 0.126. The molecular formula is C20H27NO2. The van der Waals surface area contributed by atoms with Crippen LogP contribution in [0.3, 0.4) is 0 Å². The molecule has 0 bridgehead atoms. The first-order valence-corrected chi connectivity index (χ1v) is 8.50. The monoisotopic (exact) mass is 313 g/mol. The molecule has 124 valence electrons. The van der Waals surface area contributed by atoms with Crippen LogP contribution >= 0.6 is 0 Å². The zero-order valence-corrected chi connectivity index (χ0v) is 14.1. The van der Waals surface area contributed by atoms with Gasteiger partial charge in [0.25, 0.3) is 0 Å². The second kappa shape index (κ2) is 9.78. The van der Waals surface area contributed by atoms with E-state index in [9.17, 15) is 0 Å². The van der Waals surface area contributed by atoms with Gasteiger partial charge in [-0.2, -0.15) is 0 Å². The summed E-state index contributed by atoms with van der Waals surface area (Å²) < 4.78 is 11.9. The van der Waals surface area contributed by atoms with Gasteiger partial charge in [-0.05, 0) is 37.1 Å². The van der Waals surface area contributed by atoms with Gasteiger partial charge in [0.1, 0.15) is 17.6 Å². The van der Waals surface area contributed by atoms with E-state index < -0.39 is 0 Å². The van der Waals surface area contributed by atoms with E-state index in [4.69, 9.17) is 9.47 Å². The predicted molar refractivity (Wildman–Crippen MR) is 96.5 cm³/mol. The lowest BCUT2D eigenvalue weighted by Gasteiger charge is -2.20. The van der Waals surface area contributed by atoms with Gasteiger partial charge in [0, 0.05) is 0 Å². The number of benzene rings is 2. The molecule has 0 spiro atoms. The van der Waals surface area contributed by atoms with E-state index in [1.807, 2.05) is 48.5 Å². The van der Waals surface area contributed by atoms with E-state index in [0.29, 0.717) is 0 Å². The van der Waals surface area contributed by atoms with E-state index in [1.165, 1.54) is 0 Å². The van der Waals surface area contributed by atoms with Crippen molar-refractivity contribution >= 4 is 5.69 Å². The van der Waals surface area contributed by atoms with Crippen LogP contribution in [-0.2, 0) is 0 Å². The largest absolute Gasteiger partial charge is 0.491 e. The molecule has 0 saturated heterocycles. The molecule has 1 N–H and O–H groups in total. The van der Waals surface area contributed by atoms with Crippen LogP contribution in [0.4, 0.5) is 5.69 Å². The third-order valence-corrected chi connectivity index (χ3v) is 3.66. The van der Waals surface area contributed by atoms with Crippen molar-refractivity contribution in [1.82, 2.24) is 0 Å². The second-order valence-electron chi connectivity index (χ2n) is 5.54. The molecular weight excluding hydrogens is 286 g/mol. The highest BCUT2D eigenvalue weighted by atomic mass is 16.5. The number of nitrogens with one attached hydrogen (secondary N) is 1. The SMILES string of the molecule is CCCCOc1ccccc1NCC(CC)Oc1ccccc1. The van der Waals surface area contributed by atoms with E-state index >= 15 is 0 Å². The Labute approximate surface area is 139 Å². The van der Waals surface area contributed by atoms with Crippen LogP contribution in [0.5, 0.6) is 11.5 Å². The molecule has 0 aromatic heterocycles. The van der Waals surface area contributed by atoms with E-state index in [0.717, 1.165) is 49.6 Å². The molecule has 3 nitrogen and oxygen atoms in total. The summed E-state index contributed by atoms with van der Waals surface area (Å²) in [6, 6.07) is 18.1. The number of para-hydroxylation sites is 3. The van der Waals surface area contributed by atoms with Gasteiger partial charge in [0.05, 0.1) is 18.8 Å². The van der Waals surface area contributed by atoms with E-state index in [-0.39, 0.29) is 6.10 Å². The van der Waals surface area contributed by atoms with Gasteiger partial charge in [-0.25, -0.2) is 0 Å². The summed E-state index contributed by atoms with van der Waals surface area (Å²) >= 11 is 0. The molecule has 1 atom stereocenters. The van der Waals surface area contributed by atoms with Crippen molar-refractivity contribution in [2.75, 3.05) is 18.5 Å². The van der Waals surface area contributed by atoms with E-state index in [1.54, 1.807) is 0 Å². The Morgan fingerprint density at radius 3 is 2.43 bits per heavy atom. The normalized spacial score (nSPS) is 11.7. The number of rotatable bonds is 10. The van der Waals surface area contributed by atoms with Gasteiger partial charge in [-0.15, -0.1) is 0 Å². The first-order valence-electron chi connectivity index (χ1n) is 8.50. The second-order valence-corrected chi connectivity index (χ2v) is 5.54. The zero-order valence-electron chi connectivity index (χ0n) is 14.1. The summed E-state index contributed by atoms with van der Waals surface area (Å²) in [7, 11) is 0. The van der Waals surface area contributed by atoms with Crippen molar-refractivity contribution in [3.8, 4) is 11.5 Å². The summed E-state index contributed by atoms with van der Waals surface area (Å²) in [6.45, 7) is 5.81. The van der Waals surface area contributed by atoms with Gasteiger partial charge in [-0.1, -0.05) is 50.6 Å². The van der Waals surface area contributed by atoms with E-state index in [2.05, 4.69) is 25.2 Å². The summed E-state index contributed by atoms with van der Waals surface area (Å²) in [4.78, 5) is 0. The predicted octanol–water partition coefficient (Wildman–Crippen LogP) is 5.14. The Kier molecular flexibility index (Phi) is 7.31. The molecule has 2 aromatic carbocycles. The summed E-state index contributed by atoms with van der Waals surface area (Å²) in [6.07, 6.45) is 3.28. The molecule has 0 heterocycles. The number of unbranched alkanes of at least 4 members (excludes halogenated alkanes) is 1. The van der Waals surface area contributed by atoms with Gasteiger partial charge in [0.15, 0.2) is 0 Å². The molecule has 3 heteroatoms. The molecule has 2 rings (SSSR count). The summed E-state index contributed by atoms with van der Waals surface area (Å²) in [5.41, 5.74) is 1.03. The number of ether oxygens (including phenoxy) is 2. The standard InChI is InChI=1S/C20H27NO2/c1-3-5-15-22-20-14-10-9-13-19(20)21-16-17(4-2)23-18-11-7-6-8-12-18/h6-14,17,21H,3-5,15-16H2,1-2H3. The third-order valence-electron chi connectivity index (χ3n) is 3.66. The van der Waals surface area contributed by atoms with Crippen LogP contribution < -0.4 is 14.8 Å². The van der Waals surface area contributed by atoms with Gasteiger partial charge in [-0.3, -0.25) is 0 Å². The maximum absolute atomic E-state index is 6.02. The quantitative estimate of drug-likeness (QED) is 0.616. The van der Waals surface area contributed by atoms with Crippen LogP contribution in [0.1, 0.15) is 33.1 Å². The molecule has 0 aliphatic heterocycles. The molecule has 0 saturated carbocycles. The molecule has 0 fully saturated rings. The molecule has 0 aliphatic carbocycles. The van der Waals surface area contributed by atoms with Crippen molar-refractivity contribution in [2.45, 2.75) is 39.2 Å². The Balaban J connectivity index is 1.90. The first-order chi connectivity index (χ1) is 11.3. The lowest BCUT2D eigenvalue weighted by atomic mass is 10.2.